The zero-order valence-corrected chi connectivity index (χ0v) is 46.7. The number of hydrogen-bond donors (Lipinski definition) is 16. The molecule has 0 saturated carbocycles. The summed E-state index contributed by atoms with van der Waals surface area (Å²) in [6.07, 6.45) is -17.6. The average molecular weight is 1260 g/mol. The van der Waals surface area contributed by atoms with Crippen molar-refractivity contribution in [2.75, 3.05) is 19.8 Å². The van der Waals surface area contributed by atoms with Gasteiger partial charge in [0.25, 0.3) is 0 Å². The lowest BCUT2D eigenvalue weighted by molar-refractivity contribution is -0.215. The van der Waals surface area contributed by atoms with Crippen molar-refractivity contribution >= 4 is 32.9 Å². The summed E-state index contributed by atoms with van der Waals surface area (Å²) in [6.45, 7) is -1.64. The number of benzene rings is 6. The Balaban J connectivity index is 0.000000125. The molecule has 9 heterocycles. The molecule has 28 nitrogen and oxygen atoms in total. The predicted octanol–water partition coefficient (Wildman–Crippen LogP) is 2.06. The molecule has 9 aromatic rings. The summed E-state index contributed by atoms with van der Waals surface area (Å²) in [6, 6.07) is 23.9. The molecule has 6 aromatic carbocycles. The Hall–Kier alpha value is -9.53. The average Bonchev–Trinajstić information content (AvgIpc) is 1.63. The zero-order valence-electron chi connectivity index (χ0n) is 46.7. The van der Waals surface area contributed by atoms with Crippen molar-refractivity contribution < 1.29 is 123 Å². The highest BCUT2D eigenvalue weighted by Gasteiger charge is 2.55. The number of phenolic OH excluding ortho intramolecular Hbond substituents is 7. The van der Waals surface area contributed by atoms with E-state index >= 15 is 0 Å². The molecule has 3 saturated heterocycles. The van der Waals surface area contributed by atoms with Gasteiger partial charge < -0.3 is 123 Å². The van der Waals surface area contributed by atoms with E-state index in [9.17, 15) is 96.1 Å². The Morgan fingerprint density at radius 1 is 0.352 bits per heavy atom. The third kappa shape index (κ3) is 10.1. The van der Waals surface area contributed by atoms with Crippen LogP contribution in [0.4, 0.5) is 0 Å². The minimum atomic E-state index is -1.40. The lowest BCUT2D eigenvalue weighted by atomic mass is 9.92. The summed E-state index contributed by atoms with van der Waals surface area (Å²) in [5.41, 5.74) is 0.244. The summed E-state index contributed by atoms with van der Waals surface area (Å²) in [5.74, 6) is -1.05. The minimum Gasteiger partial charge on any atom is -0.508 e. The maximum absolute atomic E-state index is 12.8. The molecule has 15 rings (SSSR count). The first kappa shape index (κ1) is 60.4. The molecule has 3 fully saturated rings. The number of fused-ring (bicyclic) bond motifs is 12. The van der Waals surface area contributed by atoms with E-state index < -0.39 is 151 Å². The maximum atomic E-state index is 12.8. The van der Waals surface area contributed by atoms with Gasteiger partial charge in [-0.15, -0.1) is 0 Å². The standard InChI is InChI=1S/C21H18O10.2C21H18O9/c22-6-14-17(26)19(28)21-20(31-14)16-13(30-21)5-12-15(18(16)27)10(25)4-11(29-12)7-1-2-8(23)9(24)3-7;22-7-14-17(25)19(27)21-20(30-14)16-13(29-21)6-12-15(18(16)26)10(24)5-11(28-12)8-1-3-9(23)4-2-8;22-7-14-17(25)19(27)21-20(30-14)16-13(29-21)6-12-15(18(16)26)10(24)5-11(28-12)8-2-1-3-9(23)4-8/h1-5,14,17,19-24,26-28H,6H2;2*1-6,14,17,19-23,25-27H,7H2/t3*14-,17-,19+,20+,21+/m111/s1. The molecule has 91 heavy (non-hydrogen) atoms. The van der Waals surface area contributed by atoms with Crippen molar-refractivity contribution in [3.05, 3.63) is 150 Å². The van der Waals surface area contributed by atoms with E-state index in [-0.39, 0.29) is 101 Å². The second-order valence-corrected chi connectivity index (χ2v) is 22.3. The van der Waals surface area contributed by atoms with Crippen molar-refractivity contribution in [2.24, 2.45) is 0 Å². The number of ether oxygens (including phenoxy) is 6. The maximum Gasteiger partial charge on any atom is 0.197 e. The first-order valence-electron chi connectivity index (χ1n) is 28.1. The van der Waals surface area contributed by atoms with Crippen LogP contribution in [0.3, 0.4) is 0 Å². The second kappa shape index (κ2) is 23.1. The summed E-state index contributed by atoms with van der Waals surface area (Å²) in [5, 5.41) is 160. The summed E-state index contributed by atoms with van der Waals surface area (Å²) >= 11 is 0. The van der Waals surface area contributed by atoms with Gasteiger partial charge in [0.15, 0.2) is 46.1 Å². The number of aromatic hydroxyl groups is 7. The van der Waals surface area contributed by atoms with E-state index in [1.54, 1.807) is 24.3 Å². The smallest absolute Gasteiger partial charge is 0.197 e. The number of rotatable bonds is 6. The van der Waals surface area contributed by atoms with Gasteiger partial charge in [-0.05, 0) is 54.6 Å². The number of phenols is 7. The Kier molecular flexibility index (Phi) is 15.3. The fraction of sp³-hybridized carbons (Fsp3) is 0.286. The first-order chi connectivity index (χ1) is 43.6. The molecule has 474 valence electrons. The Morgan fingerprint density at radius 2 is 0.703 bits per heavy atom. The summed E-state index contributed by atoms with van der Waals surface area (Å²) in [7, 11) is 0. The zero-order chi connectivity index (χ0) is 64.3. The highest BCUT2D eigenvalue weighted by Crippen LogP contribution is 2.54. The van der Waals surface area contributed by atoms with Gasteiger partial charge >= 0.3 is 0 Å². The van der Waals surface area contributed by atoms with E-state index in [1.165, 1.54) is 72.8 Å². The largest absolute Gasteiger partial charge is 0.508 e. The van der Waals surface area contributed by atoms with Crippen molar-refractivity contribution in [1.29, 1.82) is 0 Å². The van der Waals surface area contributed by atoms with Crippen LogP contribution in [0, 0.1) is 0 Å². The van der Waals surface area contributed by atoms with Crippen molar-refractivity contribution in [2.45, 2.75) is 91.6 Å². The van der Waals surface area contributed by atoms with Crippen LogP contribution >= 0.6 is 0 Å². The van der Waals surface area contributed by atoms with Gasteiger partial charge in [-0.3, -0.25) is 14.4 Å². The minimum absolute atomic E-state index is 0.00240. The lowest BCUT2D eigenvalue weighted by Gasteiger charge is -2.38. The van der Waals surface area contributed by atoms with Gasteiger partial charge in [-0.1, -0.05) is 12.1 Å². The van der Waals surface area contributed by atoms with Crippen LogP contribution in [0.25, 0.3) is 66.9 Å². The predicted molar refractivity (Wildman–Crippen MR) is 309 cm³/mol. The van der Waals surface area contributed by atoms with Crippen LogP contribution < -0.4 is 30.5 Å². The highest BCUT2D eigenvalue weighted by atomic mass is 16.6. The topological polar surface area (TPSA) is 470 Å². The fourth-order valence-electron chi connectivity index (χ4n) is 12.2. The number of aliphatic hydroxyl groups excluding tert-OH is 9. The van der Waals surface area contributed by atoms with Gasteiger partial charge in [-0.25, -0.2) is 0 Å². The fourth-order valence-corrected chi connectivity index (χ4v) is 12.2. The molecule has 15 atom stereocenters. The molecule has 0 aliphatic carbocycles. The molecule has 0 amide bonds. The SMILES string of the molecule is O=c1cc(-c2ccc(O)c(O)c2)oc2cc3c(c(O)c12)[C@@H]1O[C@H](CO)[C@@H](O)[C@H](O)[C@@H]1O3.O=c1cc(-c2ccc(O)cc2)oc2cc3c(c(O)c12)[C@@H]1O[C@H](CO)[C@@H](O)[C@H](O)[C@@H]1O3.O=c1cc(-c2cccc(O)c2)oc2cc3c(c(O)c12)[C@@H]1O[C@H](CO)[C@@H](O)[C@H](O)[C@@H]1O3. The van der Waals surface area contributed by atoms with E-state index in [0.717, 1.165) is 6.07 Å². The van der Waals surface area contributed by atoms with Crippen LogP contribution in [0.2, 0.25) is 0 Å². The van der Waals surface area contributed by atoms with E-state index in [1.807, 2.05) is 0 Å². The third-order valence-electron chi connectivity index (χ3n) is 16.8. The van der Waals surface area contributed by atoms with E-state index in [0.29, 0.717) is 16.7 Å². The number of hydrogen-bond acceptors (Lipinski definition) is 28. The monoisotopic (exact) mass is 1260 g/mol. The number of aliphatic hydroxyl groups is 9. The second-order valence-electron chi connectivity index (χ2n) is 22.3. The molecule has 16 N–H and O–H groups in total. The molecule has 0 radical (unpaired) electrons. The van der Waals surface area contributed by atoms with E-state index in [4.69, 9.17) is 41.7 Å². The van der Waals surface area contributed by atoms with Crippen LogP contribution in [-0.2, 0) is 14.2 Å². The Bertz CT molecular complexity index is 4540. The van der Waals surface area contributed by atoms with E-state index in [2.05, 4.69) is 0 Å². The van der Waals surface area contributed by atoms with Crippen molar-refractivity contribution in [3.8, 4) is 91.5 Å². The highest BCUT2D eigenvalue weighted by molar-refractivity contribution is 5.91. The first-order valence-corrected chi connectivity index (χ1v) is 28.1. The van der Waals surface area contributed by atoms with Gasteiger partial charge in [0.1, 0.15) is 169 Å². The molecule has 6 aliphatic rings. The molecule has 0 unspecified atom stereocenters. The molecule has 6 aliphatic heterocycles. The Morgan fingerprint density at radius 3 is 1.05 bits per heavy atom. The van der Waals surface area contributed by atoms with Crippen LogP contribution in [-0.4, -0.2) is 175 Å². The molecular weight excluding hydrogens is 1200 g/mol. The quantitative estimate of drug-likeness (QED) is 0.106. The normalized spacial score (nSPS) is 27.3. The molecule has 3 aromatic heterocycles. The Labute approximate surface area is 508 Å². The van der Waals surface area contributed by atoms with Gasteiger partial charge in [0.05, 0.1) is 36.5 Å². The van der Waals surface area contributed by atoms with Crippen molar-refractivity contribution in [3.63, 3.8) is 0 Å². The van der Waals surface area contributed by atoms with Crippen LogP contribution in [0.1, 0.15) is 35.0 Å². The van der Waals surface area contributed by atoms with Crippen molar-refractivity contribution in [1.82, 2.24) is 0 Å². The van der Waals surface area contributed by atoms with Gasteiger partial charge in [0.2, 0.25) is 0 Å². The van der Waals surface area contributed by atoms with Gasteiger partial charge in [0, 0.05) is 53.1 Å². The summed E-state index contributed by atoms with van der Waals surface area (Å²) in [4.78, 5) is 38.4. The molecule has 0 spiro atoms. The van der Waals surface area contributed by atoms with Crippen LogP contribution in [0.15, 0.2) is 131 Å². The molecule has 28 heteroatoms. The third-order valence-corrected chi connectivity index (χ3v) is 16.8. The van der Waals surface area contributed by atoms with Gasteiger partial charge in [-0.2, -0.15) is 0 Å². The summed E-state index contributed by atoms with van der Waals surface area (Å²) < 4.78 is 51.3. The molecular formula is C63H54O28. The lowest BCUT2D eigenvalue weighted by Crippen LogP contribution is -2.55. The van der Waals surface area contributed by atoms with Crippen LogP contribution in [0.5, 0.6) is 57.5 Å². The molecule has 0 bridgehead atoms.